The van der Waals surface area contributed by atoms with E-state index in [1.54, 1.807) is 6.07 Å². The Morgan fingerprint density at radius 2 is 2.18 bits per heavy atom. The fraction of sp³-hybridized carbons (Fsp3) is 0.429. The second-order valence-corrected chi connectivity index (χ2v) is 4.66. The fourth-order valence-electron chi connectivity index (χ4n) is 1.95. The second kappa shape index (κ2) is 4.88. The Morgan fingerprint density at radius 3 is 2.82 bits per heavy atom. The smallest absolute Gasteiger partial charge is 0.169 e. The van der Waals surface area contributed by atoms with Crippen molar-refractivity contribution in [2.75, 3.05) is 0 Å². The molecule has 0 spiro atoms. The monoisotopic (exact) mass is 235 g/mol. The molecule has 3 heteroatoms. The highest BCUT2D eigenvalue weighted by Crippen LogP contribution is 2.28. The third-order valence-corrected chi connectivity index (χ3v) is 3.23. The van der Waals surface area contributed by atoms with Crippen LogP contribution < -0.4 is 5.73 Å². The number of para-hydroxylation sites is 1. The van der Waals surface area contributed by atoms with E-state index in [4.69, 9.17) is 10.2 Å². The lowest BCUT2D eigenvalue weighted by Gasteiger charge is -2.13. The Hall–Kier alpha value is -1.35. The van der Waals surface area contributed by atoms with E-state index < -0.39 is 0 Å². The third-order valence-electron chi connectivity index (χ3n) is 3.23. The molecule has 0 aliphatic rings. The average molecular weight is 235 g/mol. The van der Waals surface area contributed by atoms with Gasteiger partial charge >= 0.3 is 0 Å². The van der Waals surface area contributed by atoms with Crippen molar-refractivity contribution < 1.29 is 8.81 Å². The Bertz CT molecular complexity index is 506. The molecule has 0 bridgehead atoms. The summed E-state index contributed by atoms with van der Waals surface area (Å²) in [6.45, 7) is 4.29. The molecule has 2 unspecified atom stereocenters. The molecule has 0 radical (unpaired) electrons. The van der Waals surface area contributed by atoms with E-state index >= 15 is 0 Å². The maximum atomic E-state index is 13.5. The normalized spacial score (nSPS) is 15.1. The van der Waals surface area contributed by atoms with Crippen LogP contribution in [-0.4, -0.2) is 0 Å². The van der Waals surface area contributed by atoms with Crippen molar-refractivity contribution in [1.82, 2.24) is 0 Å². The van der Waals surface area contributed by atoms with Gasteiger partial charge in [-0.3, -0.25) is 0 Å². The minimum Gasteiger partial charge on any atom is -0.456 e. The summed E-state index contributed by atoms with van der Waals surface area (Å²) in [7, 11) is 0. The Labute approximate surface area is 101 Å². The molecule has 2 rings (SSSR count). The lowest BCUT2D eigenvalue weighted by Crippen LogP contribution is -2.12. The molecule has 17 heavy (non-hydrogen) atoms. The molecular weight excluding hydrogens is 217 g/mol. The Kier molecular flexibility index (Phi) is 3.48. The van der Waals surface area contributed by atoms with Crippen molar-refractivity contribution in [3.05, 3.63) is 35.8 Å². The number of fused-ring (bicyclic) bond motifs is 1. The van der Waals surface area contributed by atoms with Gasteiger partial charge < -0.3 is 10.2 Å². The van der Waals surface area contributed by atoms with Crippen molar-refractivity contribution >= 4 is 11.0 Å². The minimum atomic E-state index is -0.329. The van der Waals surface area contributed by atoms with Crippen LogP contribution in [0.2, 0.25) is 0 Å². The van der Waals surface area contributed by atoms with Crippen LogP contribution in [0.3, 0.4) is 0 Å². The van der Waals surface area contributed by atoms with Crippen molar-refractivity contribution in [3.63, 3.8) is 0 Å². The van der Waals surface area contributed by atoms with Crippen LogP contribution in [0.15, 0.2) is 28.7 Å². The van der Waals surface area contributed by atoms with E-state index in [2.05, 4.69) is 13.8 Å². The molecule has 2 nitrogen and oxygen atoms in total. The molecule has 0 amide bonds. The Balaban J connectivity index is 2.27. The molecule has 2 N–H and O–H groups in total. The zero-order valence-corrected chi connectivity index (χ0v) is 10.2. The summed E-state index contributed by atoms with van der Waals surface area (Å²) in [6.07, 6.45) is 1.94. The van der Waals surface area contributed by atoms with Gasteiger partial charge in [-0.2, -0.15) is 0 Å². The number of halogens is 1. The van der Waals surface area contributed by atoms with Crippen LogP contribution in [0.5, 0.6) is 0 Å². The lowest BCUT2D eigenvalue weighted by atomic mass is 9.98. The molecule has 0 fully saturated rings. The van der Waals surface area contributed by atoms with Gasteiger partial charge in [-0.15, -0.1) is 0 Å². The summed E-state index contributed by atoms with van der Waals surface area (Å²) in [5, 5.41) is 0.777. The standard InChI is InChI=1S/C14H18FNO/c1-3-9(2)7-12(16)13-8-10-5-4-6-11(15)14(10)17-13/h4-6,8-9,12H,3,7,16H2,1-2H3. The van der Waals surface area contributed by atoms with Crippen LogP contribution in [0.25, 0.3) is 11.0 Å². The van der Waals surface area contributed by atoms with Gasteiger partial charge in [-0.05, 0) is 24.5 Å². The number of benzene rings is 1. The average Bonchev–Trinajstić information content (AvgIpc) is 2.74. The highest BCUT2D eigenvalue weighted by molar-refractivity contribution is 5.78. The Morgan fingerprint density at radius 1 is 1.41 bits per heavy atom. The predicted molar refractivity (Wildman–Crippen MR) is 67.2 cm³/mol. The molecule has 0 aliphatic heterocycles. The molecule has 1 heterocycles. The molecule has 1 aromatic heterocycles. The van der Waals surface area contributed by atoms with Gasteiger partial charge in [0.05, 0.1) is 6.04 Å². The van der Waals surface area contributed by atoms with Gasteiger partial charge in [-0.25, -0.2) is 4.39 Å². The maximum Gasteiger partial charge on any atom is 0.169 e. The second-order valence-electron chi connectivity index (χ2n) is 4.66. The molecule has 0 aliphatic carbocycles. The van der Waals surface area contributed by atoms with Crippen LogP contribution in [0.1, 0.15) is 38.5 Å². The largest absolute Gasteiger partial charge is 0.456 e. The molecule has 0 saturated heterocycles. The van der Waals surface area contributed by atoms with Gasteiger partial charge in [0.15, 0.2) is 11.4 Å². The highest BCUT2D eigenvalue weighted by atomic mass is 19.1. The van der Waals surface area contributed by atoms with Gasteiger partial charge in [0, 0.05) is 5.39 Å². The first-order valence-electron chi connectivity index (χ1n) is 6.05. The predicted octanol–water partition coefficient (Wildman–Crippen LogP) is 4.01. The van der Waals surface area contributed by atoms with Crippen LogP contribution >= 0.6 is 0 Å². The summed E-state index contributed by atoms with van der Waals surface area (Å²) in [6, 6.07) is 6.59. The first-order chi connectivity index (χ1) is 8.11. The number of rotatable bonds is 4. The SMILES string of the molecule is CCC(C)CC(N)c1cc2cccc(F)c2o1. The molecule has 0 saturated carbocycles. The summed E-state index contributed by atoms with van der Waals surface area (Å²) < 4.78 is 19.0. The number of hydrogen-bond acceptors (Lipinski definition) is 2. The molecule has 2 atom stereocenters. The van der Waals surface area contributed by atoms with Crippen LogP contribution in [-0.2, 0) is 0 Å². The minimum absolute atomic E-state index is 0.156. The molecule has 1 aromatic carbocycles. The van der Waals surface area contributed by atoms with Crippen molar-refractivity contribution in [1.29, 1.82) is 0 Å². The lowest BCUT2D eigenvalue weighted by molar-refractivity contribution is 0.404. The van der Waals surface area contributed by atoms with Gasteiger partial charge in [0.2, 0.25) is 0 Å². The van der Waals surface area contributed by atoms with E-state index in [-0.39, 0.29) is 11.9 Å². The number of nitrogens with two attached hydrogens (primary N) is 1. The van der Waals surface area contributed by atoms with Crippen LogP contribution in [0.4, 0.5) is 4.39 Å². The first-order valence-corrected chi connectivity index (χ1v) is 6.05. The molecule has 2 aromatic rings. The summed E-state index contributed by atoms with van der Waals surface area (Å²) in [4.78, 5) is 0. The van der Waals surface area contributed by atoms with Gasteiger partial charge in [0.1, 0.15) is 5.76 Å². The molecule has 92 valence electrons. The van der Waals surface area contributed by atoms with Crippen molar-refractivity contribution in [2.45, 2.75) is 32.7 Å². The summed E-state index contributed by atoms with van der Waals surface area (Å²) in [5.74, 6) is 0.887. The van der Waals surface area contributed by atoms with E-state index in [9.17, 15) is 4.39 Å². The zero-order valence-electron chi connectivity index (χ0n) is 10.2. The topological polar surface area (TPSA) is 39.2 Å². The number of hydrogen-bond donors (Lipinski definition) is 1. The van der Waals surface area contributed by atoms with Crippen molar-refractivity contribution in [3.8, 4) is 0 Å². The van der Waals surface area contributed by atoms with Gasteiger partial charge in [-0.1, -0.05) is 32.4 Å². The van der Waals surface area contributed by atoms with Gasteiger partial charge in [0.25, 0.3) is 0 Å². The van der Waals surface area contributed by atoms with Crippen LogP contribution in [0, 0.1) is 11.7 Å². The fourth-order valence-corrected chi connectivity index (χ4v) is 1.95. The third kappa shape index (κ3) is 2.50. The van der Waals surface area contributed by atoms with E-state index in [1.807, 2.05) is 12.1 Å². The van der Waals surface area contributed by atoms with E-state index in [0.717, 1.165) is 18.2 Å². The number of furan rings is 1. The molecular formula is C14H18FNO. The van der Waals surface area contributed by atoms with Crippen molar-refractivity contribution in [2.24, 2.45) is 11.7 Å². The highest BCUT2D eigenvalue weighted by Gasteiger charge is 2.16. The first kappa shape index (κ1) is 12.1. The quantitative estimate of drug-likeness (QED) is 0.869. The van der Waals surface area contributed by atoms with E-state index in [0.29, 0.717) is 17.3 Å². The summed E-state index contributed by atoms with van der Waals surface area (Å²) in [5.41, 5.74) is 6.38. The maximum absolute atomic E-state index is 13.5. The summed E-state index contributed by atoms with van der Waals surface area (Å²) >= 11 is 0. The zero-order chi connectivity index (χ0) is 12.4. The van der Waals surface area contributed by atoms with E-state index in [1.165, 1.54) is 6.07 Å².